The minimum atomic E-state index is -5.08. The summed E-state index contributed by atoms with van der Waals surface area (Å²) in [6.45, 7) is 1.92. The molecule has 11 heteroatoms. The van der Waals surface area contributed by atoms with E-state index in [1.807, 2.05) is 11.6 Å². The van der Waals surface area contributed by atoms with E-state index in [0.717, 1.165) is 30.9 Å². The third kappa shape index (κ3) is 5.15. The number of likely N-dealkylation sites (tertiary alicyclic amines) is 1. The molecule has 1 N–H and O–H groups in total. The van der Waals surface area contributed by atoms with Crippen molar-refractivity contribution in [1.29, 1.82) is 0 Å². The number of halogens is 3. The Hall–Kier alpha value is -1.72. The van der Waals surface area contributed by atoms with Crippen molar-refractivity contribution >= 4 is 23.2 Å². The van der Waals surface area contributed by atoms with Crippen LogP contribution in [-0.2, 0) is 20.9 Å². The predicted octanol–water partition coefficient (Wildman–Crippen LogP) is 1.60. The summed E-state index contributed by atoms with van der Waals surface area (Å²) in [6, 6.07) is 0.373. The highest BCUT2D eigenvalue weighted by atomic mass is 32.1. The molecule has 0 saturated carbocycles. The highest BCUT2D eigenvalue weighted by Crippen LogP contribution is 2.34. The lowest BCUT2D eigenvalue weighted by molar-refractivity contribution is -0.192. The number of thiazole rings is 1. The smallest absolute Gasteiger partial charge is 0.475 e. The number of fused-ring (bicyclic) bond motifs is 1. The van der Waals surface area contributed by atoms with Gasteiger partial charge < -0.3 is 14.7 Å². The molecule has 3 rings (SSSR count). The summed E-state index contributed by atoms with van der Waals surface area (Å²) in [6.07, 6.45) is -1.45. The summed E-state index contributed by atoms with van der Waals surface area (Å²) in [4.78, 5) is 29.2. The highest BCUT2D eigenvalue weighted by molar-refractivity contribution is 7.09. The molecular weight excluding hydrogens is 375 g/mol. The molecule has 2 aliphatic rings. The summed E-state index contributed by atoms with van der Waals surface area (Å²) in [5.41, 5.74) is 0. The highest BCUT2D eigenvalue weighted by Gasteiger charge is 2.45. The van der Waals surface area contributed by atoms with Crippen molar-refractivity contribution in [2.45, 2.75) is 43.8 Å². The fraction of sp³-hybridized carbons (Fsp3) is 0.667. The van der Waals surface area contributed by atoms with Crippen LogP contribution in [0.2, 0.25) is 0 Å². The first kappa shape index (κ1) is 20.6. The largest absolute Gasteiger partial charge is 0.490 e. The number of ether oxygens (including phenoxy) is 1. The predicted molar refractivity (Wildman–Crippen MR) is 86.6 cm³/mol. The van der Waals surface area contributed by atoms with E-state index < -0.39 is 12.1 Å². The average molecular weight is 395 g/mol. The van der Waals surface area contributed by atoms with Crippen LogP contribution in [-0.4, -0.2) is 76.8 Å². The second-order valence-electron chi connectivity index (χ2n) is 6.19. The van der Waals surface area contributed by atoms with E-state index in [2.05, 4.69) is 9.88 Å². The maximum atomic E-state index is 12.0. The van der Waals surface area contributed by atoms with Crippen LogP contribution in [0.15, 0.2) is 11.6 Å². The lowest BCUT2D eigenvalue weighted by Gasteiger charge is -2.21. The van der Waals surface area contributed by atoms with E-state index in [1.165, 1.54) is 0 Å². The molecule has 0 aromatic carbocycles. The Morgan fingerprint density at radius 3 is 2.62 bits per heavy atom. The Morgan fingerprint density at radius 2 is 2.12 bits per heavy atom. The van der Waals surface area contributed by atoms with Gasteiger partial charge in [-0.25, -0.2) is 9.78 Å². The van der Waals surface area contributed by atoms with Crippen molar-refractivity contribution in [2.24, 2.45) is 0 Å². The van der Waals surface area contributed by atoms with E-state index >= 15 is 0 Å². The molecule has 1 aromatic rings. The fourth-order valence-electron chi connectivity index (χ4n) is 2.98. The summed E-state index contributed by atoms with van der Waals surface area (Å²) >= 11 is 1.69. The zero-order chi connectivity index (χ0) is 19.5. The standard InChI is InChI=1S/C13H19N3O2S.C2HF3O2/c1-15(2)13(17)11-7-9-10(18-11)3-5-16(9)8-12-14-4-6-19-12;3-2(4,5)1(6)7/h4,6,9-11H,3,5,7-8H2,1-2H3;(H,6,7)/t9-,10-,11-;/m0./s1. The second-order valence-corrected chi connectivity index (χ2v) is 7.17. The van der Waals surface area contributed by atoms with Crippen LogP contribution >= 0.6 is 11.3 Å². The molecule has 0 aliphatic carbocycles. The molecular formula is C15H20F3N3O4S. The molecule has 3 atom stereocenters. The molecule has 3 heterocycles. The van der Waals surface area contributed by atoms with Gasteiger partial charge in [0.2, 0.25) is 0 Å². The molecule has 2 fully saturated rings. The van der Waals surface area contributed by atoms with E-state index in [9.17, 15) is 18.0 Å². The summed E-state index contributed by atoms with van der Waals surface area (Å²) in [7, 11) is 3.57. The Kier molecular flexibility index (Phi) is 6.58. The van der Waals surface area contributed by atoms with Crippen molar-refractivity contribution in [3.8, 4) is 0 Å². The number of carboxylic acids is 1. The maximum absolute atomic E-state index is 12.0. The number of nitrogens with zero attached hydrogens (tertiary/aromatic N) is 3. The van der Waals surface area contributed by atoms with Crippen LogP contribution in [0, 0.1) is 0 Å². The van der Waals surface area contributed by atoms with Gasteiger partial charge in [0.15, 0.2) is 0 Å². The molecule has 1 aromatic heterocycles. The van der Waals surface area contributed by atoms with Crippen LogP contribution in [0.3, 0.4) is 0 Å². The number of hydrogen-bond donors (Lipinski definition) is 1. The third-order valence-electron chi connectivity index (χ3n) is 4.17. The first-order valence-electron chi connectivity index (χ1n) is 7.88. The molecule has 2 aliphatic heterocycles. The van der Waals surface area contributed by atoms with Crippen LogP contribution < -0.4 is 0 Å². The van der Waals surface area contributed by atoms with Crippen molar-refractivity contribution in [3.63, 3.8) is 0 Å². The Morgan fingerprint density at radius 1 is 1.46 bits per heavy atom. The Balaban J connectivity index is 0.000000298. The summed E-state index contributed by atoms with van der Waals surface area (Å²) in [5, 5.41) is 10.3. The molecule has 0 spiro atoms. The van der Waals surface area contributed by atoms with Crippen LogP contribution in [0.25, 0.3) is 0 Å². The van der Waals surface area contributed by atoms with E-state index in [0.29, 0.717) is 6.04 Å². The molecule has 0 radical (unpaired) electrons. The number of aliphatic carboxylic acids is 1. The number of carbonyl (C=O) groups is 2. The van der Waals surface area contributed by atoms with Gasteiger partial charge in [0.1, 0.15) is 11.1 Å². The number of amides is 1. The topological polar surface area (TPSA) is 83.0 Å². The zero-order valence-corrected chi connectivity index (χ0v) is 15.1. The van der Waals surface area contributed by atoms with Crippen molar-refractivity contribution in [1.82, 2.24) is 14.8 Å². The minimum absolute atomic E-state index is 0.0867. The van der Waals surface area contributed by atoms with Gasteiger partial charge in [-0.15, -0.1) is 11.3 Å². The summed E-state index contributed by atoms with van der Waals surface area (Å²) in [5.74, 6) is -2.67. The lowest BCUT2D eigenvalue weighted by atomic mass is 10.1. The average Bonchev–Trinajstić information content (AvgIpc) is 3.25. The first-order chi connectivity index (χ1) is 12.1. The lowest BCUT2D eigenvalue weighted by Crippen LogP contribution is -2.35. The van der Waals surface area contributed by atoms with Crippen LogP contribution in [0.1, 0.15) is 17.8 Å². The number of carbonyl (C=O) groups excluding carboxylic acids is 1. The Labute approximate surface area is 152 Å². The zero-order valence-electron chi connectivity index (χ0n) is 14.3. The number of likely N-dealkylation sites (N-methyl/N-ethyl adjacent to an activating group) is 1. The second kappa shape index (κ2) is 8.31. The number of hydrogen-bond acceptors (Lipinski definition) is 6. The van der Waals surface area contributed by atoms with Gasteiger partial charge in [-0.3, -0.25) is 9.69 Å². The van der Waals surface area contributed by atoms with E-state index in [4.69, 9.17) is 14.6 Å². The van der Waals surface area contributed by atoms with E-state index in [1.54, 1.807) is 30.3 Å². The molecule has 146 valence electrons. The molecule has 2 saturated heterocycles. The number of carboxylic acid groups (broad SMARTS) is 1. The van der Waals surface area contributed by atoms with Gasteiger partial charge in [0, 0.05) is 44.7 Å². The fourth-order valence-corrected chi connectivity index (χ4v) is 3.62. The van der Waals surface area contributed by atoms with Crippen molar-refractivity contribution in [3.05, 3.63) is 16.6 Å². The normalized spacial score (nSPS) is 25.3. The molecule has 0 unspecified atom stereocenters. The number of aromatic nitrogens is 1. The molecule has 26 heavy (non-hydrogen) atoms. The quantitative estimate of drug-likeness (QED) is 0.837. The summed E-state index contributed by atoms with van der Waals surface area (Å²) < 4.78 is 37.6. The maximum Gasteiger partial charge on any atom is 0.490 e. The van der Waals surface area contributed by atoms with E-state index in [-0.39, 0.29) is 18.1 Å². The molecule has 7 nitrogen and oxygen atoms in total. The minimum Gasteiger partial charge on any atom is -0.475 e. The van der Waals surface area contributed by atoms with Gasteiger partial charge in [-0.1, -0.05) is 0 Å². The van der Waals surface area contributed by atoms with Gasteiger partial charge in [0.25, 0.3) is 5.91 Å². The SMILES string of the molecule is CN(C)C(=O)[C@@H]1C[C@H]2[C@H](CCN2Cc2nccs2)O1.O=C(O)C(F)(F)F. The van der Waals surface area contributed by atoms with Gasteiger partial charge in [-0.05, 0) is 6.42 Å². The first-order valence-corrected chi connectivity index (χ1v) is 8.76. The third-order valence-corrected chi connectivity index (χ3v) is 4.94. The molecule has 0 bridgehead atoms. The van der Waals surface area contributed by atoms with Crippen molar-refractivity contribution in [2.75, 3.05) is 20.6 Å². The van der Waals surface area contributed by atoms with Crippen molar-refractivity contribution < 1.29 is 32.6 Å². The van der Waals surface area contributed by atoms with Gasteiger partial charge in [-0.2, -0.15) is 13.2 Å². The van der Waals surface area contributed by atoms with Crippen LogP contribution in [0.4, 0.5) is 13.2 Å². The van der Waals surface area contributed by atoms with Gasteiger partial charge in [0.05, 0.1) is 12.6 Å². The Bertz CT molecular complexity index is 624. The number of alkyl halides is 3. The monoisotopic (exact) mass is 395 g/mol. The number of rotatable bonds is 3. The van der Waals surface area contributed by atoms with Gasteiger partial charge >= 0.3 is 12.1 Å². The van der Waals surface area contributed by atoms with Crippen LogP contribution in [0.5, 0.6) is 0 Å². The molecule has 1 amide bonds.